The fraction of sp³-hybridized carbons (Fsp3) is 0.238. The van der Waals surface area contributed by atoms with Gasteiger partial charge >= 0.3 is 0 Å². The van der Waals surface area contributed by atoms with Gasteiger partial charge in [-0.3, -0.25) is 4.79 Å². The second-order valence-corrected chi connectivity index (χ2v) is 6.58. The third-order valence-corrected chi connectivity index (χ3v) is 4.52. The molecule has 3 rings (SSSR count). The summed E-state index contributed by atoms with van der Waals surface area (Å²) in [5, 5.41) is 12.7. The molecule has 8 heteroatoms. The number of nitrogens with two attached hydrogens (primary N) is 2. The normalized spacial score (nSPS) is 11.1. The Balaban J connectivity index is 0.00000210. The van der Waals surface area contributed by atoms with Crippen LogP contribution in [0.15, 0.2) is 48.5 Å². The van der Waals surface area contributed by atoms with E-state index in [9.17, 15) is 4.79 Å². The van der Waals surface area contributed by atoms with Crippen molar-refractivity contribution < 1.29 is 4.79 Å². The number of H-pyrrole nitrogens is 1. The number of aromatic amines is 1. The van der Waals surface area contributed by atoms with Crippen LogP contribution in [0.2, 0.25) is 0 Å². The molecule has 154 valence electrons. The minimum atomic E-state index is -0.172. The van der Waals surface area contributed by atoms with Gasteiger partial charge in [-0.2, -0.15) is 5.26 Å². The Morgan fingerprint density at radius 3 is 2.45 bits per heavy atom. The summed E-state index contributed by atoms with van der Waals surface area (Å²) in [4.78, 5) is 15.5. The zero-order chi connectivity index (χ0) is 19.2. The van der Waals surface area contributed by atoms with Crippen molar-refractivity contribution in [3.63, 3.8) is 0 Å². The topological polar surface area (TPSA) is 121 Å². The van der Waals surface area contributed by atoms with Crippen molar-refractivity contribution >= 4 is 41.6 Å². The Labute approximate surface area is 182 Å². The lowest BCUT2D eigenvalue weighted by Gasteiger charge is -2.11. The van der Waals surface area contributed by atoms with Gasteiger partial charge in [-0.25, -0.2) is 0 Å². The van der Waals surface area contributed by atoms with Crippen molar-refractivity contribution in [2.24, 2.45) is 11.5 Å². The highest BCUT2D eigenvalue weighted by Crippen LogP contribution is 2.25. The monoisotopic (exact) mass is 433 g/mol. The molecular weight excluding hydrogens is 409 g/mol. The highest BCUT2D eigenvalue weighted by atomic mass is 35.5. The molecule has 0 saturated heterocycles. The van der Waals surface area contributed by atoms with Crippen molar-refractivity contribution in [2.75, 3.05) is 13.1 Å². The molecule has 0 bridgehead atoms. The summed E-state index contributed by atoms with van der Waals surface area (Å²) < 4.78 is 0. The first-order valence-corrected chi connectivity index (χ1v) is 8.98. The van der Waals surface area contributed by atoms with Crippen LogP contribution in [0.3, 0.4) is 0 Å². The first-order chi connectivity index (χ1) is 13.1. The van der Waals surface area contributed by atoms with E-state index in [4.69, 9.17) is 16.7 Å². The number of amides is 1. The van der Waals surface area contributed by atoms with Crippen LogP contribution >= 0.6 is 24.8 Å². The highest BCUT2D eigenvalue weighted by Gasteiger charge is 2.11. The molecule has 6 nitrogen and oxygen atoms in total. The van der Waals surface area contributed by atoms with Crippen LogP contribution in [-0.4, -0.2) is 30.0 Å². The summed E-state index contributed by atoms with van der Waals surface area (Å²) in [6.07, 6.45) is 1.64. The number of carbonyl (C=O) groups excluding carboxylic acids is 1. The highest BCUT2D eigenvalue weighted by molar-refractivity contribution is 5.98. The Hall–Kier alpha value is -2.56. The molecule has 0 saturated carbocycles. The van der Waals surface area contributed by atoms with Crippen molar-refractivity contribution in [3.8, 4) is 17.2 Å². The average molecular weight is 434 g/mol. The molecule has 1 unspecified atom stereocenters. The molecule has 6 N–H and O–H groups in total. The first-order valence-electron chi connectivity index (χ1n) is 8.98. The molecular formula is C21H25Cl2N5O. The van der Waals surface area contributed by atoms with Crippen molar-refractivity contribution in [2.45, 2.75) is 18.9 Å². The maximum atomic E-state index is 12.4. The summed E-state index contributed by atoms with van der Waals surface area (Å²) in [7, 11) is 0. The summed E-state index contributed by atoms with van der Waals surface area (Å²) in [5.74, 6) is -0.172. The van der Waals surface area contributed by atoms with E-state index in [-0.39, 0.29) is 36.8 Å². The molecule has 2 aromatic carbocycles. The van der Waals surface area contributed by atoms with Gasteiger partial charge in [0.15, 0.2) is 0 Å². The van der Waals surface area contributed by atoms with E-state index in [1.807, 2.05) is 36.4 Å². The number of benzene rings is 2. The number of fused-ring (bicyclic) bond motifs is 1. The maximum absolute atomic E-state index is 12.4. The van der Waals surface area contributed by atoms with Crippen molar-refractivity contribution in [1.29, 1.82) is 5.26 Å². The van der Waals surface area contributed by atoms with Crippen molar-refractivity contribution in [1.82, 2.24) is 10.3 Å². The van der Waals surface area contributed by atoms with E-state index in [1.54, 1.807) is 12.1 Å². The molecule has 1 amide bonds. The number of halogens is 2. The van der Waals surface area contributed by atoms with E-state index in [1.165, 1.54) is 0 Å². The fourth-order valence-corrected chi connectivity index (χ4v) is 2.97. The van der Waals surface area contributed by atoms with Crippen LogP contribution in [0.4, 0.5) is 0 Å². The summed E-state index contributed by atoms with van der Waals surface area (Å²) in [5.41, 5.74) is 15.5. The number of rotatable bonds is 7. The number of nitrogens with zero attached hydrogens (tertiary/aromatic N) is 1. The van der Waals surface area contributed by atoms with E-state index in [0.717, 1.165) is 34.9 Å². The van der Waals surface area contributed by atoms with Gasteiger partial charge in [-0.15, -0.1) is 24.8 Å². The van der Waals surface area contributed by atoms with E-state index >= 15 is 0 Å². The molecule has 3 aromatic rings. The van der Waals surface area contributed by atoms with Gasteiger partial charge in [-0.1, -0.05) is 24.3 Å². The van der Waals surface area contributed by atoms with Crippen molar-refractivity contribution in [3.05, 3.63) is 59.8 Å². The first kappa shape index (κ1) is 24.5. The smallest absolute Gasteiger partial charge is 0.267 e. The molecule has 1 heterocycles. The Morgan fingerprint density at radius 2 is 1.79 bits per heavy atom. The molecule has 0 aliphatic carbocycles. The van der Waals surface area contributed by atoms with Gasteiger partial charge in [0.2, 0.25) is 0 Å². The lowest BCUT2D eigenvalue weighted by molar-refractivity contribution is 0.0946. The third kappa shape index (κ3) is 6.21. The zero-order valence-corrected chi connectivity index (χ0v) is 17.5. The second-order valence-electron chi connectivity index (χ2n) is 6.58. The van der Waals surface area contributed by atoms with Crippen LogP contribution in [0.5, 0.6) is 0 Å². The van der Waals surface area contributed by atoms with E-state index < -0.39 is 0 Å². The van der Waals surface area contributed by atoms with Crippen LogP contribution in [0.1, 0.15) is 28.9 Å². The van der Waals surface area contributed by atoms with E-state index in [0.29, 0.717) is 24.3 Å². The number of hydrogen-bond acceptors (Lipinski definition) is 4. The summed E-state index contributed by atoms with van der Waals surface area (Å²) in [6.45, 7) is 1.02. The van der Waals surface area contributed by atoms with Gasteiger partial charge in [-0.05, 0) is 54.8 Å². The molecule has 1 atom stereocenters. The molecule has 0 spiro atoms. The average Bonchev–Trinajstić information content (AvgIpc) is 3.14. The third-order valence-electron chi connectivity index (χ3n) is 4.52. The maximum Gasteiger partial charge on any atom is 0.267 e. The van der Waals surface area contributed by atoms with Crippen LogP contribution in [-0.2, 0) is 0 Å². The SMILES string of the molecule is Cl.Cl.N#Cc1ccc(-c2ccc3cc(C(=O)NCC(N)CCCN)[nH]c3c2)cc1. The standard InChI is InChI=1S/C21H23N5O.2ClH/c22-9-1-2-18(24)13-25-21(27)20-11-17-8-7-16(10-19(17)26-20)15-5-3-14(12-23)4-6-15;;/h3-8,10-11,18,26H,1-2,9,13,22,24H2,(H,25,27);2*1H. The molecule has 29 heavy (non-hydrogen) atoms. The predicted molar refractivity (Wildman–Crippen MR) is 122 cm³/mol. The number of hydrogen-bond donors (Lipinski definition) is 4. The van der Waals surface area contributed by atoms with Gasteiger partial charge < -0.3 is 21.8 Å². The fourth-order valence-electron chi connectivity index (χ4n) is 2.97. The molecule has 0 fully saturated rings. The Bertz CT molecular complexity index is 979. The minimum Gasteiger partial charge on any atom is -0.351 e. The number of carbonyl (C=O) groups is 1. The van der Waals surface area contributed by atoms with Crippen LogP contribution < -0.4 is 16.8 Å². The predicted octanol–water partition coefficient (Wildman–Crippen LogP) is 3.35. The molecule has 0 aliphatic rings. The van der Waals surface area contributed by atoms with Gasteiger partial charge in [0.05, 0.1) is 11.6 Å². The molecule has 1 aromatic heterocycles. The molecule has 0 radical (unpaired) electrons. The minimum absolute atomic E-state index is 0. The van der Waals surface area contributed by atoms with Crippen LogP contribution in [0.25, 0.3) is 22.0 Å². The Morgan fingerprint density at radius 1 is 1.10 bits per heavy atom. The lowest BCUT2D eigenvalue weighted by atomic mass is 10.0. The quantitative estimate of drug-likeness (QED) is 0.456. The number of nitrogens with one attached hydrogen (secondary N) is 2. The zero-order valence-electron chi connectivity index (χ0n) is 15.9. The second kappa shape index (κ2) is 11.4. The lowest BCUT2D eigenvalue weighted by Crippen LogP contribution is -2.37. The Kier molecular flexibility index (Phi) is 9.66. The summed E-state index contributed by atoms with van der Waals surface area (Å²) in [6, 6.07) is 17.3. The number of aromatic nitrogens is 1. The van der Waals surface area contributed by atoms with Gasteiger partial charge in [0, 0.05) is 23.5 Å². The summed E-state index contributed by atoms with van der Waals surface area (Å²) >= 11 is 0. The van der Waals surface area contributed by atoms with Gasteiger partial charge in [0.25, 0.3) is 5.91 Å². The van der Waals surface area contributed by atoms with Gasteiger partial charge in [0.1, 0.15) is 5.69 Å². The molecule has 0 aliphatic heterocycles. The largest absolute Gasteiger partial charge is 0.351 e. The van der Waals surface area contributed by atoms with Crippen LogP contribution in [0, 0.1) is 11.3 Å². The van der Waals surface area contributed by atoms with E-state index in [2.05, 4.69) is 16.4 Å². The number of nitriles is 1.